The first kappa shape index (κ1) is 21.3. The van der Waals surface area contributed by atoms with E-state index in [0.29, 0.717) is 6.42 Å². The predicted octanol–water partition coefficient (Wildman–Crippen LogP) is 4.38. The van der Waals surface area contributed by atoms with Crippen LogP contribution >= 0.6 is 24.8 Å². The van der Waals surface area contributed by atoms with Crippen molar-refractivity contribution in [2.45, 2.75) is 32.2 Å². The summed E-state index contributed by atoms with van der Waals surface area (Å²) in [6.45, 7) is 1.68. The molecular formula is C21H25Cl2N3O. The molecule has 6 heteroatoms. The van der Waals surface area contributed by atoms with Gasteiger partial charge in [-0.15, -0.1) is 24.8 Å². The minimum atomic E-state index is 0. The summed E-state index contributed by atoms with van der Waals surface area (Å²) in [6.07, 6.45) is 3.53. The van der Waals surface area contributed by atoms with E-state index in [1.165, 1.54) is 22.2 Å². The van der Waals surface area contributed by atoms with E-state index in [4.69, 9.17) is 5.73 Å². The molecule has 1 aliphatic heterocycles. The maximum absolute atomic E-state index is 12.4. The van der Waals surface area contributed by atoms with Crippen LogP contribution in [-0.2, 0) is 19.4 Å². The van der Waals surface area contributed by atoms with Gasteiger partial charge in [0.1, 0.15) is 0 Å². The number of aromatic nitrogens is 1. The third-order valence-corrected chi connectivity index (χ3v) is 4.97. The number of rotatable bonds is 5. The van der Waals surface area contributed by atoms with E-state index in [0.717, 1.165) is 43.6 Å². The SMILES string of the molecule is Cl.Cl.Nc1cccc(CNCCc2c3n(c4ccccc24)C(=O)CCC3)c1. The van der Waals surface area contributed by atoms with Crippen molar-refractivity contribution in [1.82, 2.24) is 9.88 Å². The van der Waals surface area contributed by atoms with Crippen LogP contribution in [0.1, 0.15) is 34.5 Å². The zero-order valence-electron chi connectivity index (χ0n) is 15.1. The van der Waals surface area contributed by atoms with Crippen LogP contribution in [0.5, 0.6) is 0 Å². The van der Waals surface area contributed by atoms with E-state index >= 15 is 0 Å². The summed E-state index contributed by atoms with van der Waals surface area (Å²) in [6, 6.07) is 16.2. The quantitative estimate of drug-likeness (QED) is 0.489. The number of nitrogens with one attached hydrogen (secondary N) is 1. The van der Waals surface area contributed by atoms with Gasteiger partial charge in [-0.3, -0.25) is 9.36 Å². The molecule has 4 rings (SSSR count). The number of anilines is 1. The van der Waals surface area contributed by atoms with Crippen LogP contribution in [0.25, 0.3) is 10.9 Å². The molecule has 2 heterocycles. The average Bonchev–Trinajstić information content (AvgIpc) is 2.94. The number of benzene rings is 2. The highest BCUT2D eigenvalue weighted by Gasteiger charge is 2.23. The molecule has 0 unspecified atom stereocenters. The molecule has 0 aliphatic carbocycles. The maximum atomic E-state index is 12.4. The largest absolute Gasteiger partial charge is 0.399 e. The van der Waals surface area contributed by atoms with Crippen LogP contribution in [-0.4, -0.2) is 17.0 Å². The molecule has 0 saturated heterocycles. The van der Waals surface area contributed by atoms with Crippen LogP contribution in [0.4, 0.5) is 5.69 Å². The van der Waals surface area contributed by atoms with Gasteiger partial charge in [-0.25, -0.2) is 0 Å². The summed E-state index contributed by atoms with van der Waals surface area (Å²) in [5.74, 6) is 0.233. The number of hydrogen-bond acceptors (Lipinski definition) is 3. The van der Waals surface area contributed by atoms with Gasteiger partial charge in [-0.1, -0.05) is 30.3 Å². The molecule has 0 atom stereocenters. The molecule has 0 saturated carbocycles. The molecule has 0 spiro atoms. The highest BCUT2D eigenvalue weighted by atomic mass is 35.5. The second kappa shape index (κ2) is 9.27. The van der Waals surface area contributed by atoms with Crippen molar-refractivity contribution < 1.29 is 4.79 Å². The Balaban J connectivity index is 0.00000131. The van der Waals surface area contributed by atoms with Crippen molar-refractivity contribution in [2.75, 3.05) is 12.3 Å². The zero-order chi connectivity index (χ0) is 17.2. The fraction of sp³-hybridized carbons (Fsp3) is 0.286. The monoisotopic (exact) mass is 405 g/mol. The second-order valence-electron chi connectivity index (χ2n) is 6.70. The predicted molar refractivity (Wildman–Crippen MR) is 116 cm³/mol. The first-order valence-electron chi connectivity index (χ1n) is 8.93. The molecule has 144 valence electrons. The van der Waals surface area contributed by atoms with Crippen LogP contribution in [0.3, 0.4) is 0 Å². The van der Waals surface area contributed by atoms with E-state index in [9.17, 15) is 4.79 Å². The number of nitrogens with zero attached hydrogens (tertiary/aromatic N) is 1. The van der Waals surface area contributed by atoms with Gasteiger partial charge in [0.15, 0.2) is 0 Å². The number of fused-ring (bicyclic) bond motifs is 3. The molecule has 2 aromatic carbocycles. The Bertz CT molecular complexity index is 936. The van der Waals surface area contributed by atoms with Crippen LogP contribution in [0.2, 0.25) is 0 Å². The Morgan fingerprint density at radius 3 is 2.67 bits per heavy atom. The zero-order valence-corrected chi connectivity index (χ0v) is 16.7. The van der Waals surface area contributed by atoms with Gasteiger partial charge in [-0.05, 0) is 55.1 Å². The lowest BCUT2D eigenvalue weighted by Gasteiger charge is -2.16. The van der Waals surface area contributed by atoms with E-state index in [2.05, 4.69) is 29.6 Å². The lowest BCUT2D eigenvalue weighted by atomic mass is 10.0. The molecule has 0 fully saturated rings. The Kier molecular flexibility index (Phi) is 7.31. The summed E-state index contributed by atoms with van der Waals surface area (Å²) in [4.78, 5) is 12.4. The van der Waals surface area contributed by atoms with Gasteiger partial charge in [0, 0.05) is 29.7 Å². The molecule has 1 aromatic heterocycles. The topological polar surface area (TPSA) is 60.0 Å². The van der Waals surface area contributed by atoms with E-state index in [-0.39, 0.29) is 30.7 Å². The maximum Gasteiger partial charge on any atom is 0.231 e. The molecule has 3 aromatic rings. The van der Waals surface area contributed by atoms with Crippen molar-refractivity contribution in [1.29, 1.82) is 0 Å². The van der Waals surface area contributed by atoms with Crippen molar-refractivity contribution >= 4 is 47.3 Å². The Hall–Kier alpha value is -2.01. The number of carbonyl (C=O) groups is 1. The van der Waals surface area contributed by atoms with Gasteiger partial charge in [0.05, 0.1) is 5.52 Å². The standard InChI is InChI=1S/C21H23N3O.2ClH/c22-16-6-3-5-15(13-16)14-23-12-11-18-17-7-1-2-8-19(17)24-20(18)9-4-10-21(24)25;;/h1-3,5-8,13,23H,4,9-12,14,22H2;2*1H. The highest BCUT2D eigenvalue weighted by molar-refractivity contribution is 5.96. The molecule has 27 heavy (non-hydrogen) atoms. The summed E-state index contributed by atoms with van der Waals surface area (Å²) in [5.41, 5.74) is 11.4. The minimum absolute atomic E-state index is 0. The third kappa shape index (κ3) is 4.29. The first-order valence-corrected chi connectivity index (χ1v) is 8.93. The van der Waals surface area contributed by atoms with Gasteiger partial charge in [0.25, 0.3) is 0 Å². The first-order chi connectivity index (χ1) is 12.2. The average molecular weight is 406 g/mol. The number of nitrogens with two attached hydrogens (primary N) is 1. The molecule has 1 aliphatic rings. The lowest BCUT2D eigenvalue weighted by molar-refractivity contribution is 0.0889. The van der Waals surface area contributed by atoms with Crippen molar-refractivity contribution in [3.63, 3.8) is 0 Å². The van der Waals surface area contributed by atoms with Gasteiger partial charge >= 0.3 is 0 Å². The summed E-state index contributed by atoms with van der Waals surface area (Å²) in [7, 11) is 0. The Labute approximate surface area is 171 Å². The Morgan fingerprint density at radius 1 is 1.04 bits per heavy atom. The third-order valence-electron chi connectivity index (χ3n) is 4.97. The normalized spacial score (nSPS) is 13.0. The number of halogens is 2. The van der Waals surface area contributed by atoms with Crippen molar-refractivity contribution in [2.24, 2.45) is 0 Å². The van der Waals surface area contributed by atoms with Crippen molar-refractivity contribution in [3.8, 4) is 0 Å². The number of hydrogen-bond donors (Lipinski definition) is 2. The van der Waals surface area contributed by atoms with Crippen LogP contribution < -0.4 is 11.1 Å². The fourth-order valence-electron chi connectivity index (χ4n) is 3.85. The van der Waals surface area contributed by atoms with Crippen molar-refractivity contribution in [3.05, 3.63) is 65.4 Å². The van der Waals surface area contributed by atoms with Crippen LogP contribution in [0.15, 0.2) is 48.5 Å². The minimum Gasteiger partial charge on any atom is -0.399 e. The molecule has 0 bridgehead atoms. The molecule has 0 radical (unpaired) electrons. The Morgan fingerprint density at radius 2 is 1.85 bits per heavy atom. The molecule has 4 nitrogen and oxygen atoms in total. The fourth-order valence-corrected chi connectivity index (χ4v) is 3.85. The molecule has 3 N–H and O–H groups in total. The highest BCUT2D eigenvalue weighted by Crippen LogP contribution is 2.30. The van der Waals surface area contributed by atoms with Gasteiger partial charge in [0.2, 0.25) is 5.91 Å². The smallest absolute Gasteiger partial charge is 0.231 e. The van der Waals surface area contributed by atoms with Gasteiger partial charge in [-0.2, -0.15) is 0 Å². The molecule has 0 amide bonds. The summed E-state index contributed by atoms with van der Waals surface area (Å²) >= 11 is 0. The van der Waals surface area contributed by atoms with Crippen LogP contribution in [0, 0.1) is 0 Å². The number of carbonyl (C=O) groups excluding carboxylic acids is 1. The van der Waals surface area contributed by atoms with Gasteiger partial charge < -0.3 is 11.1 Å². The summed E-state index contributed by atoms with van der Waals surface area (Å²) in [5, 5.41) is 4.72. The number of para-hydroxylation sites is 1. The lowest BCUT2D eigenvalue weighted by Crippen LogP contribution is -2.21. The van der Waals surface area contributed by atoms with E-state index in [1.807, 2.05) is 28.8 Å². The van der Waals surface area contributed by atoms with E-state index in [1.54, 1.807) is 0 Å². The summed E-state index contributed by atoms with van der Waals surface area (Å²) < 4.78 is 1.95. The second-order valence-corrected chi connectivity index (χ2v) is 6.70. The molecular weight excluding hydrogens is 381 g/mol. The van der Waals surface area contributed by atoms with E-state index < -0.39 is 0 Å². The number of nitrogen functional groups attached to an aromatic ring is 1.